The summed E-state index contributed by atoms with van der Waals surface area (Å²) in [6, 6.07) is 9.91. The summed E-state index contributed by atoms with van der Waals surface area (Å²) in [4.78, 5) is 23.9. The highest BCUT2D eigenvalue weighted by atomic mass is 19.4. The van der Waals surface area contributed by atoms with Gasteiger partial charge in [0, 0.05) is 12.1 Å². The number of hydrogen-bond acceptors (Lipinski definition) is 6. The molecule has 3 aliphatic rings. The molecule has 0 radical (unpaired) electrons. The Hall–Kier alpha value is -2.60. The quantitative estimate of drug-likeness (QED) is 0.302. The predicted octanol–water partition coefficient (Wildman–Crippen LogP) is 5.28. The van der Waals surface area contributed by atoms with E-state index in [9.17, 15) is 35.9 Å². The van der Waals surface area contributed by atoms with E-state index in [0.29, 0.717) is 43.9 Å². The minimum atomic E-state index is -5.23. The van der Waals surface area contributed by atoms with E-state index in [1.807, 2.05) is 18.2 Å². The summed E-state index contributed by atoms with van der Waals surface area (Å²) in [6.07, 6.45) is -2.83. The molecule has 222 valence electrons. The average Bonchev–Trinajstić information content (AvgIpc) is 3.65. The van der Waals surface area contributed by atoms with E-state index < -0.39 is 43.5 Å². The van der Waals surface area contributed by atoms with Crippen LogP contribution in [0, 0.1) is 11.3 Å². The molecule has 2 aliphatic carbocycles. The number of piperidine rings is 1. The molecule has 1 aromatic carbocycles. The van der Waals surface area contributed by atoms with Crippen molar-refractivity contribution in [2.24, 2.45) is 11.3 Å². The van der Waals surface area contributed by atoms with Crippen LogP contribution < -0.4 is 5.32 Å². The molecule has 1 N–H and O–H groups in total. The molecule has 12 heteroatoms. The predicted molar refractivity (Wildman–Crippen MR) is 134 cm³/mol. The molecular weight excluding hydrogens is 542 g/mol. The number of ether oxygens (including phenoxy) is 2. The van der Waals surface area contributed by atoms with Gasteiger partial charge in [-0.3, -0.25) is 4.90 Å². The number of halogens is 6. The van der Waals surface area contributed by atoms with E-state index in [1.165, 1.54) is 11.1 Å². The minimum Gasteiger partial charge on any atom is -0.457 e. The molecule has 2 atom stereocenters. The summed E-state index contributed by atoms with van der Waals surface area (Å²) >= 11 is 0. The van der Waals surface area contributed by atoms with Crippen LogP contribution in [0.4, 0.5) is 26.3 Å². The van der Waals surface area contributed by atoms with Crippen LogP contribution in [0.1, 0.15) is 51.0 Å². The average molecular weight is 577 g/mol. The third-order valence-corrected chi connectivity index (χ3v) is 8.29. The van der Waals surface area contributed by atoms with Crippen molar-refractivity contribution in [3.63, 3.8) is 0 Å². The van der Waals surface area contributed by atoms with Crippen molar-refractivity contribution in [2.45, 2.75) is 75.9 Å². The Bertz CT molecular complexity index is 1030. The number of likely N-dealkylation sites (tertiary alicyclic amines) is 1. The fraction of sp³-hybridized carbons (Fsp3) is 0.643. The summed E-state index contributed by atoms with van der Waals surface area (Å²) < 4.78 is 83.9. The van der Waals surface area contributed by atoms with Gasteiger partial charge in [0.15, 0.2) is 0 Å². The zero-order valence-corrected chi connectivity index (χ0v) is 22.2. The Morgan fingerprint density at radius 1 is 1.00 bits per heavy atom. The van der Waals surface area contributed by atoms with Gasteiger partial charge in [0.05, 0.1) is 6.04 Å². The third kappa shape index (κ3) is 7.78. The zero-order chi connectivity index (χ0) is 29.1. The second-order valence-corrected chi connectivity index (χ2v) is 11.1. The number of esters is 2. The number of hydrogen-bond donors (Lipinski definition) is 1. The molecule has 1 aliphatic heterocycles. The molecule has 4 rings (SSSR count). The molecule has 0 unspecified atom stereocenters. The molecule has 3 fully saturated rings. The van der Waals surface area contributed by atoms with E-state index in [0.717, 1.165) is 25.7 Å². The van der Waals surface area contributed by atoms with Gasteiger partial charge in [-0.05, 0) is 68.5 Å². The van der Waals surface area contributed by atoms with Gasteiger partial charge in [-0.2, -0.15) is 26.3 Å². The molecule has 1 spiro atoms. The molecule has 40 heavy (non-hydrogen) atoms. The first-order valence-electron chi connectivity index (χ1n) is 13.5. The number of carbonyl (C=O) groups excluding carboxylic acids is 2. The molecule has 1 aromatic rings. The molecule has 1 heterocycles. The third-order valence-electron chi connectivity index (χ3n) is 8.29. The smallest absolute Gasteiger partial charge is 0.457 e. The number of carbonyl (C=O) groups is 2. The number of rotatable bonds is 10. The van der Waals surface area contributed by atoms with Gasteiger partial charge in [-0.15, -0.1) is 0 Å². The maximum Gasteiger partial charge on any atom is 0.490 e. The van der Waals surface area contributed by atoms with Crippen molar-refractivity contribution in [1.29, 1.82) is 0 Å². The number of benzene rings is 1. The second kappa shape index (κ2) is 12.1. The normalized spacial score (nSPS) is 23.6. The first-order chi connectivity index (χ1) is 18.8. The van der Waals surface area contributed by atoms with Crippen LogP contribution in [0.25, 0.3) is 6.08 Å². The van der Waals surface area contributed by atoms with Gasteiger partial charge < -0.3 is 14.8 Å². The highest BCUT2D eigenvalue weighted by Gasteiger charge is 2.50. The fourth-order valence-electron chi connectivity index (χ4n) is 5.97. The van der Waals surface area contributed by atoms with Crippen LogP contribution in [0.3, 0.4) is 0 Å². The summed E-state index contributed by atoms with van der Waals surface area (Å²) in [6.45, 7) is 1.27. The lowest BCUT2D eigenvalue weighted by atomic mass is 9.60. The standard InChI is InChI=1S/C28H34F6N2O4/c1-2-19(12-18-6-4-3-5-7-18)22-13-23(22)35-20-14-26(15-20)8-10-36(11-9-26)21(16-39-24(37)27(29,30)31)17-40-25(38)28(32,33)34/h3-7,12,20-23,35H,2,8-11,13-17H2,1H3/b19-12+/t22-,23+/m0/s1. The van der Waals surface area contributed by atoms with E-state index in [4.69, 9.17) is 0 Å². The topological polar surface area (TPSA) is 67.9 Å². The van der Waals surface area contributed by atoms with E-state index in [2.05, 4.69) is 39.9 Å². The lowest BCUT2D eigenvalue weighted by Gasteiger charge is -2.53. The molecule has 0 amide bonds. The Labute approximate surface area is 229 Å². The monoisotopic (exact) mass is 576 g/mol. The maximum absolute atomic E-state index is 12.6. The van der Waals surface area contributed by atoms with Crippen LogP contribution >= 0.6 is 0 Å². The van der Waals surface area contributed by atoms with Gasteiger partial charge in [-0.1, -0.05) is 48.9 Å². The summed E-state index contributed by atoms with van der Waals surface area (Å²) in [5.41, 5.74) is 2.68. The Kier molecular flexibility index (Phi) is 9.18. The molecule has 0 bridgehead atoms. The lowest BCUT2D eigenvalue weighted by Crippen LogP contribution is -2.56. The Morgan fingerprint density at radius 2 is 1.55 bits per heavy atom. The SMILES string of the molecule is CC/C(=C\c1ccccc1)[C@@H]1C[C@H]1NC1CC2(CCN(C(COC(=O)C(F)(F)F)COC(=O)C(F)(F)F)CC2)C1. The number of nitrogens with zero attached hydrogens (tertiary/aromatic N) is 1. The summed E-state index contributed by atoms with van der Waals surface area (Å²) in [5, 5.41) is 3.76. The summed E-state index contributed by atoms with van der Waals surface area (Å²) in [5.74, 6) is -4.36. The van der Waals surface area contributed by atoms with Gasteiger partial charge in [-0.25, -0.2) is 9.59 Å². The Balaban J connectivity index is 1.25. The van der Waals surface area contributed by atoms with E-state index in [1.54, 1.807) is 4.90 Å². The van der Waals surface area contributed by atoms with Crippen LogP contribution in [0.5, 0.6) is 0 Å². The van der Waals surface area contributed by atoms with Gasteiger partial charge >= 0.3 is 24.3 Å². The lowest BCUT2D eigenvalue weighted by molar-refractivity contribution is -0.206. The van der Waals surface area contributed by atoms with Crippen LogP contribution in [0.2, 0.25) is 0 Å². The second-order valence-electron chi connectivity index (χ2n) is 11.1. The maximum atomic E-state index is 12.6. The molecule has 6 nitrogen and oxygen atoms in total. The van der Waals surface area contributed by atoms with Crippen molar-refractivity contribution < 1.29 is 45.4 Å². The highest BCUT2D eigenvalue weighted by molar-refractivity contribution is 5.76. The number of alkyl halides is 6. The van der Waals surface area contributed by atoms with Crippen molar-refractivity contribution in [3.8, 4) is 0 Å². The first kappa shape index (κ1) is 30.4. The van der Waals surface area contributed by atoms with E-state index in [-0.39, 0.29) is 5.41 Å². The molecule has 2 saturated carbocycles. The van der Waals surface area contributed by atoms with Crippen molar-refractivity contribution in [2.75, 3.05) is 26.3 Å². The highest BCUT2D eigenvalue weighted by Crippen LogP contribution is 2.51. The van der Waals surface area contributed by atoms with Crippen LogP contribution in [-0.2, 0) is 19.1 Å². The molecule has 1 saturated heterocycles. The first-order valence-corrected chi connectivity index (χ1v) is 13.5. The van der Waals surface area contributed by atoms with Gasteiger partial charge in [0.2, 0.25) is 0 Å². The van der Waals surface area contributed by atoms with E-state index >= 15 is 0 Å². The summed E-state index contributed by atoms with van der Waals surface area (Å²) in [7, 11) is 0. The van der Waals surface area contributed by atoms with Crippen molar-refractivity contribution in [1.82, 2.24) is 10.2 Å². The number of nitrogens with one attached hydrogen (secondary N) is 1. The Morgan fingerprint density at radius 3 is 2.05 bits per heavy atom. The zero-order valence-electron chi connectivity index (χ0n) is 22.2. The largest absolute Gasteiger partial charge is 0.490 e. The van der Waals surface area contributed by atoms with Crippen LogP contribution in [-0.4, -0.2) is 73.6 Å². The van der Waals surface area contributed by atoms with Gasteiger partial charge in [0.1, 0.15) is 13.2 Å². The van der Waals surface area contributed by atoms with Crippen LogP contribution in [0.15, 0.2) is 35.9 Å². The molecular formula is C28H34F6N2O4. The van der Waals surface area contributed by atoms with Gasteiger partial charge in [0.25, 0.3) is 0 Å². The minimum absolute atomic E-state index is 0.0574. The fourth-order valence-corrected chi connectivity index (χ4v) is 5.97. The van der Waals surface area contributed by atoms with Crippen molar-refractivity contribution in [3.05, 3.63) is 41.5 Å². The molecule has 0 aromatic heterocycles. The van der Waals surface area contributed by atoms with Crippen molar-refractivity contribution >= 4 is 18.0 Å².